The van der Waals surface area contributed by atoms with Crippen molar-refractivity contribution in [2.75, 3.05) is 45.9 Å². The van der Waals surface area contributed by atoms with Crippen LogP contribution in [-0.2, 0) is 30.5 Å². The summed E-state index contributed by atoms with van der Waals surface area (Å²) in [6, 6.07) is 4.12. The van der Waals surface area contributed by atoms with Gasteiger partial charge in [-0.05, 0) is 31.0 Å². The summed E-state index contributed by atoms with van der Waals surface area (Å²) < 4.78 is 10.3. The minimum Gasteiger partial charge on any atom is -0.477 e. The molecule has 48 heavy (non-hydrogen) atoms. The number of thioether (sulfide) groups is 1. The molecule has 0 unspecified atom stereocenters. The number of likely N-dealkylation sites (tertiary alicyclic amines) is 1. The molecule has 4 aliphatic heterocycles. The maximum absolute atomic E-state index is 13.9. The number of rotatable bonds is 11. The lowest BCUT2D eigenvalue weighted by atomic mass is 9.79. The molecule has 0 aromatic heterocycles. The van der Waals surface area contributed by atoms with Crippen LogP contribution in [0.3, 0.4) is 0 Å². The van der Waals surface area contributed by atoms with E-state index in [1.165, 1.54) is 52.8 Å². The Kier molecular flexibility index (Phi) is 10.4. The number of aliphatic hydroxyl groups is 1. The monoisotopic (exact) mass is 690 g/mol. The lowest BCUT2D eigenvalue weighted by molar-refractivity contribution is -0.384. The van der Waals surface area contributed by atoms with Crippen LogP contribution in [0.15, 0.2) is 34.9 Å². The number of carboxylic acids is 1. The van der Waals surface area contributed by atoms with Crippen LogP contribution in [-0.4, -0.2) is 134 Å². The molecule has 1 aromatic carbocycles. The van der Waals surface area contributed by atoms with E-state index in [0.717, 1.165) is 0 Å². The molecule has 17 nitrogen and oxygen atoms in total. The molecule has 0 spiro atoms. The quantitative estimate of drug-likeness (QED) is 0.166. The van der Waals surface area contributed by atoms with E-state index in [1.807, 2.05) is 4.90 Å². The fourth-order valence-corrected chi connectivity index (χ4v) is 8.32. The van der Waals surface area contributed by atoms with Gasteiger partial charge in [-0.3, -0.25) is 29.5 Å². The number of carbonyl (C=O) groups excluding carboxylic acids is 4. The number of β-lactam (4-membered cyclic amide) rings is 1. The number of hydrogen-bond donors (Lipinski definition) is 3. The number of non-ortho nitro benzene ring substituents is 1. The van der Waals surface area contributed by atoms with E-state index in [0.29, 0.717) is 43.2 Å². The zero-order valence-electron chi connectivity index (χ0n) is 26.4. The summed E-state index contributed by atoms with van der Waals surface area (Å²) in [5.41, 5.74) is 5.28. The Balaban J connectivity index is 1.31. The van der Waals surface area contributed by atoms with Crippen LogP contribution >= 0.6 is 11.8 Å². The first-order chi connectivity index (χ1) is 22.8. The summed E-state index contributed by atoms with van der Waals surface area (Å²) in [5, 5.41) is 30.8. The van der Waals surface area contributed by atoms with Crippen molar-refractivity contribution in [3.05, 3.63) is 50.5 Å². The van der Waals surface area contributed by atoms with Gasteiger partial charge in [-0.25, -0.2) is 14.4 Å². The number of hydrogen-bond acceptors (Lipinski definition) is 12. The van der Waals surface area contributed by atoms with Crippen LogP contribution in [0.2, 0.25) is 0 Å². The third-order valence-electron chi connectivity index (χ3n) is 9.23. The molecule has 4 amide bonds. The summed E-state index contributed by atoms with van der Waals surface area (Å²) in [7, 11) is 0. The van der Waals surface area contributed by atoms with Crippen LogP contribution < -0.4 is 5.73 Å². The lowest BCUT2D eigenvalue weighted by Crippen LogP contribution is -2.63. The van der Waals surface area contributed by atoms with E-state index in [-0.39, 0.29) is 49.4 Å². The molecule has 260 valence electrons. The number of primary amides is 1. The van der Waals surface area contributed by atoms with Crippen molar-refractivity contribution in [3.63, 3.8) is 0 Å². The predicted octanol–water partition coefficient (Wildman–Crippen LogP) is 0.801. The first kappa shape index (κ1) is 34.9. The molecule has 18 heteroatoms. The Morgan fingerprint density at radius 3 is 2.38 bits per heavy atom. The molecular weight excluding hydrogens is 652 g/mol. The van der Waals surface area contributed by atoms with Crippen LogP contribution in [0.5, 0.6) is 0 Å². The number of aliphatic hydroxyl groups excluding tert-OH is 1. The number of aliphatic carboxylic acids is 1. The largest absolute Gasteiger partial charge is 0.477 e. The zero-order valence-corrected chi connectivity index (χ0v) is 27.2. The average Bonchev–Trinajstić information content (AvgIpc) is 3.57. The molecule has 6 atom stereocenters. The van der Waals surface area contributed by atoms with Gasteiger partial charge < -0.3 is 35.2 Å². The molecule has 4 heterocycles. The highest BCUT2D eigenvalue weighted by molar-refractivity contribution is 8.03. The van der Waals surface area contributed by atoms with Gasteiger partial charge in [-0.15, -0.1) is 11.8 Å². The predicted molar refractivity (Wildman–Crippen MR) is 168 cm³/mol. The normalized spacial score (nSPS) is 26.2. The molecule has 3 fully saturated rings. The van der Waals surface area contributed by atoms with E-state index in [1.54, 1.807) is 11.8 Å². The highest BCUT2D eigenvalue weighted by Crippen LogP contribution is 2.52. The number of nitrogens with two attached hydrogens (primary N) is 1. The van der Waals surface area contributed by atoms with Crippen molar-refractivity contribution in [1.82, 2.24) is 19.6 Å². The number of ether oxygens (including phenoxy) is 2. The van der Waals surface area contributed by atoms with E-state index < -0.39 is 58.3 Å². The lowest BCUT2D eigenvalue weighted by Gasteiger charge is -2.46. The minimum atomic E-state index is -1.27. The Labute approximate surface area is 279 Å². The van der Waals surface area contributed by atoms with Gasteiger partial charge in [0.15, 0.2) is 0 Å². The number of benzene rings is 1. The number of amides is 4. The SMILES string of the molecule is C[C@@H](O)[C@H]1C(=O)N2C(C(=O)O)=C(S[C@H]3C[C@@H](C(=O)N4CCN(CCOC(N)=O)CC4)N(C(=O)OCc4ccc([N+](=O)[O-])cc4)C3)[C@H](C)[C@H]12. The second-order valence-corrected chi connectivity index (χ2v) is 13.6. The van der Waals surface area contributed by atoms with Gasteiger partial charge in [0.1, 0.15) is 25.0 Å². The van der Waals surface area contributed by atoms with Gasteiger partial charge in [0, 0.05) is 67.5 Å². The molecule has 1 aromatic rings. The number of nitro benzene ring substituents is 1. The highest BCUT2D eigenvalue weighted by Gasteiger charge is 2.60. The van der Waals surface area contributed by atoms with Crippen LogP contribution in [0.4, 0.5) is 15.3 Å². The summed E-state index contributed by atoms with van der Waals surface area (Å²) in [6.07, 6.45) is -2.39. The second-order valence-electron chi connectivity index (χ2n) is 12.2. The average molecular weight is 691 g/mol. The van der Waals surface area contributed by atoms with Crippen LogP contribution in [0.1, 0.15) is 25.8 Å². The fraction of sp³-hybridized carbons (Fsp3) is 0.567. The minimum absolute atomic E-state index is 0.0617. The van der Waals surface area contributed by atoms with E-state index in [4.69, 9.17) is 15.2 Å². The summed E-state index contributed by atoms with van der Waals surface area (Å²) in [6.45, 7) is 5.48. The molecule has 0 bridgehead atoms. The van der Waals surface area contributed by atoms with Gasteiger partial charge in [-0.2, -0.15) is 0 Å². The maximum atomic E-state index is 13.9. The summed E-state index contributed by atoms with van der Waals surface area (Å²) in [5.74, 6) is -3.13. The second kappa shape index (κ2) is 14.4. The van der Waals surface area contributed by atoms with E-state index in [2.05, 4.69) is 0 Å². The number of carboxylic acid groups (broad SMARTS) is 1. The van der Waals surface area contributed by atoms with Gasteiger partial charge in [-0.1, -0.05) is 6.92 Å². The smallest absolute Gasteiger partial charge is 0.410 e. The molecule has 0 aliphatic carbocycles. The van der Waals surface area contributed by atoms with Gasteiger partial charge in [0.05, 0.1) is 23.0 Å². The van der Waals surface area contributed by atoms with Crippen molar-refractivity contribution >= 4 is 47.4 Å². The molecular formula is C30H38N6O11S. The standard InChI is InChI=1S/C30H38N6O11S/c1-16-23-22(17(2)37)27(39)35(23)24(28(40)41)25(16)48-20-13-21(26(38)33-9-7-32(8-10-33)11-12-46-29(31)42)34(14-20)30(43)47-15-18-3-5-19(6-4-18)36(44)45/h3-6,16-17,20-23,37H,7-15H2,1-2H3,(H2,31,42)(H,40,41)/t16-,17-,20+,21+,22-,23-/m1/s1. The van der Waals surface area contributed by atoms with E-state index in [9.17, 15) is 44.3 Å². The van der Waals surface area contributed by atoms with Crippen molar-refractivity contribution in [2.45, 2.75) is 50.3 Å². The third-order valence-corrected chi connectivity index (χ3v) is 10.7. The van der Waals surface area contributed by atoms with Gasteiger partial charge >= 0.3 is 18.2 Å². The number of piperazine rings is 1. The molecule has 4 aliphatic rings. The van der Waals surface area contributed by atoms with Gasteiger partial charge in [0.25, 0.3) is 5.69 Å². The topological polar surface area (TPSA) is 226 Å². The van der Waals surface area contributed by atoms with E-state index >= 15 is 0 Å². The summed E-state index contributed by atoms with van der Waals surface area (Å²) >= 11 is 1.22. The Morgan fingerprint density at radius 1 is 1.12 bits per heavy atom. The van der Waals surface area contributed by atoms with Crippen LogP contribution in [0, 0.1) is 22.0 Å². The summed E-state index contributed by atoms with van der Waals surface area (Å²) in [4.78, 5) is 80.6. The molecule has 3 saturated heterocycles. The van der Waals surface area contributed by atoms with Crippen molar-refractivity contribution in [1.29, 1.82) is 0 Å². The number of nitro groups is 1. The van der Waals surface area contributed by atoms with Crippen LogP contribution in [0.25, 0.3) is 0 Å². The Bertz CT molecular complexity index is 1500. The number of nitrogens with zero attached hydrogens (tertiary/aromatic N) is 5. The number of carbonyl (C=O) groups is 5. The van der Waals surface area contributed by atoms with Crippen molar-refractivity contribution in [2.24, 2.45) is 17.6 Å². The van der Waals surface area contributed by atoms with Gasteiger partial charge in [0.2, 0.25) is 11.8 Å². The fourth-order valence-electron chi connectivity index (χ4n) is 6.80. The Hall–Kier alpha value is -4.42. The number of fused-ring (bicyclic) bond motifs is 1. The maximum Gasteiger partial charge on any atom is 0.410 e. The first-order valence-electron chi connectivity index (χ1n) is 15.5. The highest BCUT2D eigenvalue weighted by atomic mass is 32.2. The molecule has 0 radical (unpaired) electrons. The van der Waals surface area contributed by atoms with Crippen molar-refractivity contribution < 1.29 is 48.6 Å². The zero-order chi connectivity index (χ0) is 34.9. The first-order valence-corrected chi connectivity index (χ1v) is 16.4. The molecule has 5 rings (SSSR count). The molecule has 0 saturated carbocycles. The third kappa shape index (κ3) is 7.05. The Morgan fingerprint density at radius 2 is 1.79 bits per heavy atom. The van der Waals surface area contributed by atoms with Crippen molar-refractivity contribution in [3.8, 4) is 0 Å². The molecule has 4 N–H and O–H groups in total.